The molecule has 0 unspecified atom stereocenters. The first kappa shape index (κ1) is 32.3. The van der Waals surface area contributed by atoms with Gasteiger partial charge in [-0.2, -0.15) is 0 Å². The fourth-order valence-electron chi connectivity index (χ4n) is 5.04. The number of amidine groups is 1. The second-order valence-corrected chi connectivity index (χ2v) is 12.4. The van der Waals surface area contributed by atoms with Gasteiger partial charge in [-0.25, -0.2) is 13.2 Å². The first-order chi connectivity index (χ1) is 18.5. The molecule has 2 rings (SSSR count). The number of unbranched alkanes of at least 4 members (excludes halogenated alkanes) is 13. The van der Waals surface area contributed by atoms with Crippen molar-refractivity contribution in [2.24, 2.45) is 5.10 Å². The third-order valence-electron chi connectivity index (χ3n) is 7.35. The van der Waals surface area contributed by atoms with Crippen molar-refractivity contribution in [1.82, 2.24) is 9.73 Å². The molecule has 1 heterocycles. The molecule has 1 fully saturated rings. The van der Waals surface area contributed by atoms with Crippen LogP contribution in [0.4, 0.5) is 0 Å². The molecule has 1 aromatic carbocycles. The van der Waals surface area contributed by atoms with Gasteiger partial charge in [-0.05, 0) is 43.9 Å². The van der Waals surface area contributed by atoms with Gasteiger partial charge in [0.25, 0.3) is 0 Å². The average molecular weight is 552 g/mol. The summed E-state index contributed by atoms with van der Waals surface area (Å²) in [7, 11) is -0.293. The van der Waals surface area contributed by atoms with E-state index in [1.165, 1.54) is 77.0 Å². The Morgan fingerprint density at radius 1 is 0.789 bits per heavy atom. The number of hydrogen-bond donors (Lipinski definition) is 1. The van der Waals surface area contributed by atoms with Crippen molar-refractivity contribution in [3.8, 4) is 11.5 Å². The molecule has 1 aliphatic rings. The minimum absolute atomic E-state index is 0.105. The van der Waals surface area contributed by atoms with E-state index in [1.54, 1.807) is 14.2 Å². The Bertz CT molecular complexity index is 899. The maximum Gasteiger partial charge on any atom is 0.247 e. The smallest absolute Gasteiger partial charge is 0.247 e. The summed E-state index contributed by atoms with van der Waals surface area (Å²) >= 11 is 0. The van der Waals surface area contributed by atoms with Crippen LogP contribution in [0.3, 0.4) is 0 Å². The quantitative estimate of drug-likeness (QED) is 0.0799. The summed E-state index contributed by atoms with van der Waals surface area (Å²) in [5.41, 5.74) is 0.809. The molecule has 1 aromatic rings. The van der Waals surface area contributed by atoms with Crippen LogP contribution in [0.15, 0.2) is 23.3 Å². The Morgan fingerprint density at radius 3 is 1.84 bits per heavy atom. The fraction of sp³-hybridized carbons (Fsp3) is 0.767. The van der Waals surface area contributed by atoms with Crippen LogP contribution >= 0.6 is 0 Å². The van der Waals surface area contributed by atoms with Crippen LogP contribution in [0.1, 0.15) is 122 Å². The predicted molar refractivity (Wildman–Crippen MR) is 159 cm³/mol. The Kier molecular flexibility index (Phi) is 16.3. The van der Waals surface area contributed by atoms with Crippen LogP contribution in [-0.2, 0) is 10.0 Å². The number of rotatable bonds is 20. The van der Waals surface area contributed by atoms with Crippen LogP contribution in [0.5, 0.6) is 11.5 Å². The van der Waals surface area contributed by atoms with E-state index in [0.717, 1.165) is 44.3 Å². The van der Waals surface area contributed by atoms with Gasteiger partial charge in [0.2, 0.25) is 10.0 Å². The lowest BCUT2D eigenvalue weighted by Gasteiger charge is -2.30. The van der Waals surface area contributed by atoms with Gasteiger partial charge in [0.15, 0.2) is 17.3 Å². The molecule has 0 radical (unpaired) electrons. The Labute approximate surface area is 232 Å². The molecule has 218 valence electrons. The van der Waals surface area contributed by atoms with Crippen LogP contribution in [0.25, 0.3) is 0 Å². The van der Waals surface area contributed by atoms with Crippen molar-refractivity contribution in [2.75, 3.05) is 33.1 Å². The predicted octanol–water partition coefficient (Wildman–Crippen LogP) is 7.25. The SMILES string of the molecule is CCCCCCCCCCCCCCCCS(=O)(=O)N/N=C(/c1ccc(OC)c(OC)c1)N1CCCCC1. The molecule has 38 heavy (non-hydrogen) atoms. The number of hydrogen-bond acceptors (Lipinski definition) is 5. The summed E-state index contributed by atoms with van der Waals surface area (Å²) in [4.78, 5) is 4.67. The van der Waals surface area contributed by atoms with E-state index in [0.29, 0.717) is 23.8 Å². The number of sulfonamides is 1. The van der Waals surface area contributed by atoms with Gasteiger partial charge >= 0.3 is 0 Å². The number of piperidine rings is 1. The van der Waals surface area contributed by atoms with Crippen molar-refractivity contribution in [3.63, 3.8) is 0 Å². The molecule has 7 nitrogen and oxygen atoms in total. The lowest BCUT2D eigenvalue weighted by molar-refractivity contribution is 0.340. The topological polar surface area (TPSA) is 80.2 Å². The second kappa shape index (κ2) is 19.2. The van der Waals surface area contributed by atoms with Crippen molar-refractivity contribution in [2.45, 2.75) is 116 Å². The molecule has 0 aliphatic carbocycles. The molecule has 0 saturated carbocycles. The van der Waals surface area contributed by atoms with Crippen molar-refractivity contribution in [3.05, 3.63) is 23.8 Å². The standard InChI is InChI=1S/C30H53N3O4S/c1-4-5-6-7-8-9-10-11-12-13-14-15-16-20-25-38(34,35)32-31-30(33-23-18-17-19-24-33)27-21-22-28(36-2)29(26-27)37-3/h21-22,26,32H,4-20,23-25H2,1-3H3/b31-30-. The van der Waals surface area contributed by atoms with Gasteiger partial charge < -0.3 is 14.4 Å². The number of benzene rings is 1. The minimum Gasteiger partial charge on any atom is -0.493 e. The van der Waals surface area contributed by atoms with Crippen molar-refractivity contribution < 1.29 is 17.9 Å². The maximum absolute atomic E-state index is 12.7. The summed E-state index contributed by atoms with van der Waals surface area (Å²) in [5, 5.41) is 4.41. The lowest BCUT2D eigenvalue weighted by Crippen LogP contribution is -2.38. The summed E-state index contributed by atoms with van der Waals surface area (Å²) in [6.45, 7) is 3.97. The van der Waals surface area contributed by atoms with Crippen molar-refractivity contribution in [1.29, 1.82) is 0 Å². The van der Waals surface area contributed by atoms with Crippen LogP contribution < -0.4 is 14.3 Å². The first-order valence-corrected chi connectivity index (χ1v) is 16.7. The molecule has 1 aliphatic heterocycles. The van der Waals surface area contributed by atoms with Gasteiger partial charge in [-0.3, -0.25) is 0 Å². The average Bonchev–Trinajstić information content (AvgIpc) is 2.93. The third-order valence-corrected chi connectivity index (χ3v) is 8.55. The summed E-state index contributed by atoms with van der Waals surface area (Å²) in [6.07, 6.45) is 20.7. The molecule has 0 amide bonds. The fourth-order valence-corrected chi connectivity index (χ4v) is 5.94. The Hall–Kier alpha value is -1.96. The molecular formula is C30H53N3O4S. The van der Waals surface area contributed by atoms with Crippen molar-refractivity contribution >= 4 is 15.9 Å². The van der Waals surface area contributed by atoms with E-state index in [1.807, 2.05) is 18.2 Å². The Balaban J connectivity index is 1.73. The van der Waals surface area contributed by atoms with Gasteiger partial charge in [-0.1, -0.05) is 90.4 Å². The molecule has 0 bridgehead atoms. The zero-order chi connectivity index (χ0) is 27.5. The molecule has 8 heteroatoms. The van der Waals surface area contributed by atoms with E-state index in [-0.39, 0.29) is 5.75 Å². The highest BCUT2D eigenvalue weighted by atomic mass is 32.2. The number of methoxy groups -OCH3 is 2. The van der Waals surface area contributed by atoms with Gasteiger partial charge in [0, 0.05) is 18.7 Å². The molecule has 0 aromatic heterocycles. The van der Waals surface area contributed by atoms with Crippen LogP contribution in [-0.4, -0.2) is 52.2 Å². The Morgan fingerprint density at radius 2 is 1.32 bits per heavy atom. The highest BCUT2D eigenvalue weighted by molar-refractivity contribution is 7.89. The summed E-state index contributed by atoms with van der Waals surface area (Å²) in [5.74, 6) is 1.97. The number of ether oxygens (including phenoxy) is 2. The lowest BCUT2D eigenvalue weighted by atomic mass is 10.0. The van der Waals surface area contributed by atoms with Crippen LogP contribution in [0, 0.1) is 0 Å². The number of nitrogens with zero attached hydrogens (tertiary/aromatic N) is 2. The van der Waals surface area contributed by atoms with E-state index < -0.39 is 10.0 Å². The van der Waals surface area contributed by atoms with Gasteiger partial charge in [-0.15, -0.1) is 5.10 Å². The largest absolute Gasteiger partial charge is 0.493 e. The second-order valence-electron chi connectivity index (χ2n) is 10.6. The van der Waals surface area contributed by atoms with E-state index in [4.69, 9.17) is 9.47 Å². The molecular weight excluding hydrogens is 498 g/mol. The monoisotopic (exact) mass is 551 g/mol. The number of hydrazone groups is 1. The molecule has 0 atom stereocenters. The van der Waals surface area contributed by atoms with Gasteiger partial charge in [0.05, 0.1) is 20.0 Å². The van der Waals surface area contributed by atoms with Gasteiger partial charge in [0.1, 0.15) is 0 Å². The summed E-state index contributed by atoms with van der Waals surface area (Å²) < 4.78 is 36.2. The number of likely N-dealkylation sites (tertiary alicyclic amines) is 1. The third kappa shape index (κ3) is 12.7. The zero-order valence-corrected chi connectivity index (χ0v) is 25.1. The zero-order valence-electron chi connectivity index (χ0n) is 24.3. The van der Waals surface area contributed by atoms with Crippen LogP contribution in [0.2, 0.25) is 0 Å². The summed E-state index contributed by atoms with van der Waals surface area (Å²) in [6, 6.07) is 5.58. The highest BCUT2D eigenvalue weighted by Crippen LogP contribution is 2.28. The molecule has 1 N–H and O–H groups in total. The van der Waals surface area contributed by atoms with E-state index in [2.05, 4.69) is 21.8 Å². The first-order valence-electron chi connectivity index (χ1n) is 15.0. The molecule has 1 saturated heterocycles. The maximum atomic E-state index is 12.7. The highest BCUT2D eigenvalue weighted by Gasteiger charge is 2.20. The minimum atomic E-state index is -3.49. The number of nitrogens with one attached hydrogen (secondary N) is 1. The van der Waals surface area contributed by atoms with E-state index >= 15 is 0 Å². The normalized spacial score (nSPS) is 14.5. The molecule has 0 spiro atoms. The van der Waals surface area contributed by atoms with E-state index in [9.17, 15) is 8.42 Å².